The minimum atomic E-state index is 1.00. The average Bonchev–Trinajstić information content (AvgIpc) is 2.62. The third kappa shape index (κ3) is 2.42. The van der Waals surface area contributed by atoms with Crippen LogP contribution >= 0.6 is 0 Å². The number of hydrogen-bond donors (Lipinski definition) is 0. The van der Waals surface area contributed by atoms with Crippen molar-refractivity contribution in [3.63, 3.8) is 0 Å². The molecular weight excluding hydrogens is 224 g/mol. The molecule has 0 aliphatic rings. The van der Waals surface area contributed by atoms with Crippen molar-refractivity contribution in [1.29, 1.82) is 0 Å². The topological polar surface area (TPSA) is 33.4 Å². The Labute approximate surface area is 108 Å². The van der Waals surface area contributed by atoms with E-state index in [1.165, 1.54) is 0 Å². The number of benzene rings is 1. The van der Waals surface area contributed by atoms with Gasteiger partial charge < -0.3 is 0 Å². The third-order valence-electron chi connectivity index (χ3n) is 3.05. The molecule has 0 N–H and O–H groups in total. The normalized spacial score (nSPS) is 11.1. The van der Waals surface area contributed by atoms with E-state index in [0.29, 0.717) is 0 Å². The van der Waals surface area contributed by atoms with Crippen molar-refractivity contribution in [1.82, 2.24) is 9.78 Å². The summed E-state index contributed by atoms with van der Waals surface area (Å²) >= 11 is 0. The molecule has 4 heteroatoms. The van der Waals surface area contributed by atoms with Crippen LogP contribution in [-0.2, 0) is 7.05 Å². The zero-order chi connectivity index (χ0) is 13.1. The van der Waals surface area contributed by atoms with Gasteiger partial charge in [0, 0.05) is 25.4 Å². The third-order valence-corrected chi connectivity index (χ3v) is 3.05. The molecule has 2 aromatic rings. The van der Waals surface area contributed by atoms with Crippen LogP contribution < -0.4 is 5.01 Å². The lowest BCUT2D eigenvalue weighted by Gasteiger charge is -2.12. The molecule has 1 aromatic carbocycles. The van der Waals surface area contributed by atoms with Crippen LogP contribution in [0.15, 0.2) is 35.4 Å². The molecule has 2 rings (SSSR count). The van der Waals surface area contributed by atoms with Crippen LogP contribution in [0.4, 0.5) is 5.69 Å². The quantitative estimate of drug-likeness (QED) is 0.612. The van der Waals surface area contributed by atoms with Gasteiger partial charge in [0.25, 0.3) is 0 Å². The highest BCUT2D eigenvalue weighted by atomic mass is 15.4. The van der Waals surface area contributed by atoms with Crippen molar-refractivity contribution in [2.45, 2.75) is 13.8 Å². The van der Waals surface area contributed by atoms with Gasteiger partial charge in [-0.05, 0) is 26.0 Å². The molecule has 0 radical (unpaired) electrons. The fraction of sp³-hybridized carbons (Fsp3) is 0.286. The number of hydrazone groups is 1. The predicted molar refractivity (Wildman–Crippen MR) is 75.1 cm³/mol. The molecular formula is C14H18N4. The molecule has 0 spiro atoms. The second-order valence-electron chi connectivity index (χ2n) is 4.31. The highest BCUT2D eigenvalue weighted by Gasteiger charge is 2.06. The second-order valence-corrected chi connectivity index (χ2v) is 4.31. The Hall–Kier alpha value is -2.10. The SMILES string of the molecule is Cc1nn(C)c(C)c1/C=N/N(C)c1ccccc1. The van der Waals surface area contributed by atoms with Crippen LogP contribution in [0.1, 0.15) is 17.0 Å². The lowest BCUT2D eigenvalue weighted by atomic mass is 10.2. The van der Waals surface area contributed by atoms with E-state index in [1.807, 2.05) is 74.2 Å². The molecule has 0 aliphatic heterocycles. The lowest BCUT2D eigenvalue weighted by molar-refractivity contribution is 0.731. The van der Waals surface area contributed by atoms with E-state index in [0.717, 1.165) is 22.6 Å². The summed E-state index contributed by atoms with van der Waals surface area (Å²) in [5.41, 5.74) is 4.27. The van der Waals surface area contributed by atoms with Crippen LogP contribution in [-0.4, -0.2) is 23.0 Å². The Balaban J connectivity index is 2.21. The maximum atomic E-state index is 4.45. The maximum absolute atomic E-state index is 4.45. The van der Waals surface area contributed by atoms with Crippen molar-refractivity contribution in [2.75, 3.05) is 12.1 Å². The van der Waals surface area contributed by atoms with Gasteiger partial charge in [-0.15, -0.1) is 0 Å². The number of anilines is 1. The summed E-state index contributed by atoms with van der Waals surface area (Å²) in [5.74, 6) is 0. The predicted octanol–water partition coefficient (Wildman–Crippen LogP) is 2.51. The van der Waals surface area contributed by atoms with Crippen LogP contribution in [0.5, 0.6) is 0 Å². The van der Waals surface area contributed by atoms with Gasteiger partial charge in [-0.25, -0.2) is 0 Å². The first-order chi connectivity index (χ1) is 8.59. The van der Waals surface area contributed by atoms with Crippen molar-refractivity contribution in [3.8, 4) is 0 Å². The highest BCUT2D eigenvalue weighted by Crippen LogP contribution is 2.13. The molecule has 0 saturated heterocycles. The smallest absolute Gasteiger partial charge is 0.0684 e. The number of hydrogen-bond acceptors (Lipinski definition) is 3. The van der Waals surface area contributed by atoms with Crippen LogP contribution in [0, 0.1) is 13.8 Å². The van der Waals surface area contributed by atoms with Gasteiger partial charge in [0.15, 0.2) is 0 Å². The van der Waals surface area contributed by atoms with Gasteiger partial charge in [-0.3, -0.25) is 9.69 Å². The van der Waals surface area contributed by atoms with Gasteiger partial charge in [0.1, 0.15) is 0 Å². The molecule has 1 aromatic heterocycles. The molecule has 0 saturated carbocycles. The van der Waals surface area contributed by atoms with E-state index in [-0.39, 0.29) is 0 Å². The Morgan fingerprint density at radius 2 is 1.89 bits per heavy atom. The standard InChI is InChI=1S/C14H18N4/c1-11-14(12(2)17(3)16-11)10-15-18(4)13-8-6-5-7-9-13/h5-10H,1-4H3/b15-10+. The summed E-state index contributed by atoms with van der Waals surface area (Å²) in [4.78, 5) is 0. The van der Waals surface area contributed by atoms with Gasteiger partial charge in [0.2, 0.25) is 0 Å². The molecule has 0 amide bonds. The van der Waals surface area contributed by atoms with Gasteiger partial charge in [-0.1, -0.05) is 18.2 Å². The van der Waals surface area contributed by atoms with Crippen molar-refractivity contribution >= 4 is 11.9 Å². The fourth-order valence-corrected chi connectivity index (χ4v) is 1.83. The van der Waals surface area contributed by atoms with Crippen LogP contribution in [0.3, 0.4) is 0 Å². The number of rotatable bonds is 3. The number of nitrogens with zero attached hydrogens (tertiary/aromatic N) is 4. The molecule has 0 fully saturated rings. The molecule has 4 nitrogen and oxygen atoms in total. The zero-order valence-electron chi connectivity index (χ0n) is 11.3. The van der Waals surface area contributed by atoms with Crippen molar-refractivity contribution < 1.29 is 0 Å². The van der Waals surface area contributed by atoms with Gasteiger partial charge in [-0.2, -0.15) is 10.2 Å². The molecule has 0 bridgehead atoms. The first-order valence-electron chi connectivity index (χ1n) is 5.92. The Kier molecular flexibility index (Phi) is 3.46. The molecule has 0 unspecified atom stereocenters. The van der Waals surface area contributed by atoms with E-state index < -0.39 is 0 Å². The van der Waals surface area contributed by atoms with E-state index in [1.54, 1.807) is 0 Å². The summed E-state index contributed by atoms with van der Waals surface area (Å²) < 4.78 is 1.87. The number of para-hydroxylation sites is 1. The highest BCUT2D eigenvalue weighted by molar-refractivity contribution is 5.83. The monoisotopic (exact) mass is 242 g/mol. The second kappa shape index (κ2) is 5.04. The molecule has 1 heterocycles. The van der Waals surface area contributed by atoms with E-state index in [2.05, 4.69) is 10.2 Å². The van der Waals surface area contributed by atoms with E-state index in [4.69, 9.17) is 0 Å². The summed E-state index contributed by atoms with van der Waals surface area (Å²) in [6, 6.07) is 10.1. The largest absolute Gasteiger partial charge is 0.272 e. The first-order valence-corrected chi connectivity index (χ1v) is 5.92. The first kappa shape index (κ1) is 12.4. The van der Waals surface area contributed by atoms with Crippen molar-refractivity contribution in [2.24, 2.45) is 12.1 Å². The summed E-state index contributed by atoms with van der Waals surface area (Å²) in [6.45, 7) is 4.04. The Morgan fingerprint density at radius 1 is 1.22 bits per heavy atom. The summed E-state index contributed by atoms with van der Waals surface area (Å²) in [6.07, 6.45) is 1.87. The molecule has 0 atom stereocenters. The van der Waals surface area contributed by atoms with Crippen molar-refractivity contribution in [3.05, 3.63) is 47.3 Å². The summed E-state index contributed by atoms with van der Waals surface area (Å²) in [7, 11) is 3.88. The maximum Gasteiger partial charge on any atom is 0.0684 e. The Bertz CT molecular complexity index is 555. The van der Waals surface area contributed by atoms with Gasteiger partial charge >= 0.3 is 0 Å². The fourth-order valence-electron chi connectivity index (χ4n) is 1.83. The molecule has 18 heavy (non-hydrogen) atoms. The lowest BCUT2D eigenvalue weighted by Crippen LogP contribution is -2.08. The molecule has 94 valence electrons. The van der Waals surface area contributed by atoms with Gasteiger partial charge in [0.05, 0.1) is 17.6 Å². The number of aromatic nitrogens is 2. The van der Waals surface area contributed by atoms with E-state index >= 15 is 0 Å². The van der Waals surface area contributed by atoms with Crippen LogP contribution in [0.2, 0.25) is 0 Å². The molecule has 0 aliphatic carbocycles. The number of aryl methyl sites for hydroxylation is 2. The minimum absolute atomic E-state index is 1.00. The Morgan fingerprint density at radius 3 is 2.44 bits per heavy atom. The minimum Gasteiger partial charge on any atom is -0.272 e. The zero-order valence-corrected chi connectivity index (χ0v) is 11.3. The average molecular weight is 242 g/mol. The van der Waals surface area contributed by atoms with E-state index in [9.17, 15) is 0 Å². The summed E-state index contributed by atoms with van der Waals surface area (Å²) in [5, 5.41) is 10.7. The van der Waals surface area contributed by atoms with Crippen LogP contribution in [0.25, 0.3) is 0 Å².